The monoisotopic (exact) mass is 204 g/mol. The van der Waals surface area contributed by atoms with Crippen molar-refractivity contribution in [3.05, 3.63) is 20.8 Å². The van der Waals surface area contributed by atoms with Gasteiger partial charge >= 0.3 is 0 Å². The van der Waals surface area contributed by atoms with Crippen LogP contribution in [-0.2, 0) is 11.2 Å². The van der Waals surface area contributed by atoms with Crippen LogP contribution >= 0.6 is 27.3 Å². The molecule has 1 aromatic rings. The van der Waals surface area contributed by atoms with Crippen molar-refractivity contribution < 1.29 is 4.79 Å². The zero-order valence-corrected chi connectivity index (χ0v) is 7.04. The lowest BCUT2D eigenvalue weighted by Gasteiger charge is -1.85. The number of halogens is 1. The molecule has 48 valence electrons. The highest BCUT2D eigenvalue weighted by Crippen LogP contribution is 2.20. The molecule has 0 unspecified atom stereocenters. The maximum Gasteiger partial charge on any atom is 0.124 e. The van der Waals surface area contributed by atoms with Gasteiger partial charge in [-0.15, -0.1) is 0 Å². The summed E-state index contributed by atoms with van der Waals surface area (Å²) in [7, 11) is 0. The molecule has 0 aromatic carbocycles. The fourth-order valence-electron chi connectivity index (χ4n) is 0.543. The molecule has 0 atom stereocenters. The van der Waals surface area contributed by atoms with Gasteiger partial charge in [-0.1, -0.05) is 0 Å². The molecule has 0 spiro atoms. The summed E-state index contributed by atoms with van der Waals surface area (Å²) < 4.78 is 1.04. The second-order valence-electron chi connectivity index (χ2n) is 1.62. The molecule has 0 bridgehead atoms. The van der Waals surface area contributed by atoms with E-state index in [0.717, 1.165) is 16.3 Å². The molecule has 1 rings (SSSR count). The Kier molecular flexibility index (Phi) is 2.42. The Hall–Kier alpha value is -0.150. The van der Waals surface area contributed by atoms with Crippen LogP contribution in [0.1, 0.15) is 5.56 Å². The molecule has 3 heteroatoms. The van der Waals surface area contributed by atoms with Gasteiger partial charge in [-0.3, -0.25) is 0 Å². The molecule has 9 heavy (non-hydrogen) atoms. The van der Waals surface area contributed by atoms with Crippen molar-refractivity contribution in [3.8, 4) is 0 Å². The Balaban J connectivity index is 2.80. The normalized spacial score (nSPS) is 9.44. The Morgan fingerprint density at radius 2 is 2.44 bits per heavy atom. The van der Waals surface area contributed by atoms with Crippen molar-refractivity contribution >= 4 is 33.6 Å². The quantitative estimate of drug-likeness (QED) is 0.676. The van der Waals surface area contributed by atoms with E-state index < -0.39 is 0 Å². The van der Waals surface area contributed by atoms with Gasteiger partial charge in [0, 0.05) is 16.3 Å². The largest absolute Gasteiger partial charge is 0.303 e. The van der Waals surface area contributed by atoms with E-state index in [4.69, 9.17) is 0 Å². The summed E-state index contributed by atoms with van der Waals surface area (Å²) in [5.74, 6) is 0. The third kappa shape index (κ3) is 1.63. The average molecular weight is 205 g/mol. The van der Waals surface area contributed by atoms with Gasteiger partial charge in [0.1, 0.15) is 6.29 Å². The molecule has 0 N–H and O–H groups in total. The van der Waals surface area contributed by atoms with Crippen LogP contribution in [0.5, 0.6) is 0 Å². The van der Waals surface area contributed by atoms with E-state index in [9.17, 15) is 4.79 Å². The molecule has 0 aliphatic rings. The number of rotatable bonds is 2. The fourth-order valence-corrected chi connectivity index (χ4v) is 2.02. The molecule has 1 aromatic heterocycles. The van der Waals surface area contributed by atoms with Gasteiger partial charge < -0.3 is 4.79 Å². The summed E-state index contributed by atoms with van der Waals surface area (Å²) in [5.41, 5.74) is 1.08. The van der Waals surface area contributed by atoms with E-state index in [1.165, 1.54) is 0 Å². The number of hydrogen-bond acceptors (Lipinski definition) is 2. The summed E-state index contributed by atoms with van der Waals surface area (Å²) in [5, 5.41) is 3.94. The predicted octanol–water partition coefficient (Wildman–Crippen LogP) is 2.25. The first-order valence-corrected chi connectivity index (χ1v) is 4.22. The summed E-state index contributed by atoms with van der Waals surface area (Å²) in [4.78, 5) is 10.0. The Morgan fingerprint density at radius 1 is 1.67 bits per heavy atom. The SMILES string of the molecule is O=CCc1cscc1Br. The maximum atomic E-state index is 10.0. The molecule has 0 radical (unpaired) electrons. The lowest BCUT2D eigenvalue weighted by molar-refractivity contribution is -0.107. The van der Waals surface area contributed by atoms with Crippen molar-refractivity contribution in [3.63, 3.8) is 0 Å². The zero-order chi connectivity index (χ0) is 6.69. The average Bonchev–Trinajstić information content (AvgIpc) is 2.18. The van der Waals surface area contributed by atoms with Crippen LogP contribution in [0, 0.1) is 0 Å². The van der Waals surface area contributed by atoms with E-state index in [2.05, 4.69) is 15.9 Å². The minimum absolute atomic E-state index is 0.518. The van der Waals surface area contributed by atoms with Crippen LogP contribution in [-0.4, -0.2) is 6.29 Å². The van der Waals surface area contributed by atoms with Crippen LogP contribution in [0.2, 0.25) is 0 Å². The molecule has 1 heterocycles. The first kappa shape index (κ1) is 6.96. The van der Waals surface area contributed by atoms with E-state index in [1.54, 1.807) is 11.3 Å². The maximum absolute atomic E-state index is 10.0. The summed E-state index contributed by atoms with van der Waals surface area (Å²) >= 11 is 4.92. The van der Waals surface area contributed by atoms with Crippen LogP contribution in [0.3, 0.4) is 0 Å². The topological polar surface area (TPSA) is 17.1 Å². The molecular formula is C6H5BrOS. The number of thiophene rings is 1. The molecular weight excluding hydrogens is 200 g/mol. The van der Waals surface area contributed by atoms with Crippen LogP contribution < -0.4 is 0 Å². The Bertz CT molecular complexity index is 207. The second-order valence-corrected chi connectivity index (χ2v) is 3.21. The van der Waals surface area contributed by atoms with Crippen LogP contribution in [0.25, 0.3) is 0 Å². The van der Waals surface area contributed by atoms with Gasteiger partial charge in [0.15, 0.2) is 0 Å². The summed E-state index contributed by atoms with van der Waals surface area (Å²) in [6, 6.07) is 0. The molecule has 0 saturated carbocycles. The van der Waals surface area contributed by atoms with Gasteiger partial charge in [-0.25, -0.2) is 0 Å². The van der Waals surface area contributed by atoms with Gasteiger partial charge in [0.2, 0.25) is 0 Å². The molecule has 0 amide bonds. The highest BCUT2D eigenvalue weighted by molar-refractivity contribution is 9.10. The Morgan fingerprint density at radius 3 is 2.89 bits per heavy atom. The van der Waals surface area contributed by atoms with Crippen LogP contribution in [0.4, 0.5) is 0 Å². The second kappa shape index (κ2) is 3.13. The first-order chi connectivity index (χ1) is 4.34. The van der Waals surface area contributed by atoms with Crippen molar-refractivity contribution in [2.45, 2.75) is 6.42 Å². The number of aldehydes is 1. The zero-order valence-electron chi connectivity index (χ0n) is 4.63. The van der Waals surface area contributed by atoms with Crippen molar-refractivity contribution in [2.75, 3.05) is 0 Å². The van der Waals surface area contributed by atoms with Crippen molar-refractivity contribution in [2.24, 2.45) is 0 Å². The highest BCUT2D eigenvalue weighted by atomic mass is 79.9. The molecule has 0 aliphatic carbocycles. The van der Waals surface area contributed by atoms with Gasteiger partial charge in [-0.2, -0.15) is 11.3 Å². The first-order valence-electron chi connectivity index (χ1n) is 2.49. The lowest BCUT2D eigenvalue weighted by atomic mass is 10.3. The number of carbonyl (C=O) groups is 1. The third-order valence-electron chi connectivity index (χ3n) is 0.992. The number of carbonyl (C=O) groups excluding carboxylic acids is 1. The minimum Gasteiger partial charge on any atom is -0.303 e. The smallest absolute Gasteiger partial charge is 0.124 e. The minimum atomic E-state index is 0.518. The van der Waals surface area contributed by atoms with E-state index in [-0.39, 0.29) is 0 Å². The van der Waals surface area contributed by atoms with E-state index in [0.29, 0.717) is 6.42 Å². The van der Waals surface area contributed by atoms with E-state index >= 15 is 0 Å². The van der Waals surface area contributed by atoms with Gasteiger partial charge in [0.05, 0.1) is 0 Å². The summed E-state index contributed by atoms with van der Waals surface area (Å²) in [6.07, 6.45) is 1.43. The highest BCUT2D eigenvalue weighted by Gasteiger charge is 1.97. The molecule has 0 fully saturated rings. The molecule has 0 aliphatic heterocycles. The van der Waals surface area contributed by atoms with Crippen molar-refractivity contribution in [1.29, 1.82) is 0 Å². The third-order valence-corrected chi connectivity index (χ3v) is 2.83. The van der Waals surface area contributed by atoms with Crippen molar-refractivity contribution in [1.82, 2.24) is 0 Å². The van der Waals surface area contributed by atoms with E-state index in [1.807, 2.05) is 10.8 Å². The number of hydrogen-bond donors (Lipinski definition) is 0. The van der Waals surface area contributed by atoms with Gasteiger partial charge in [0.25, 0.3) is 0 Å². The lowest BCUT2D eigenvalue weighted by Crippen LogP contribution is -1.80. The van der Waals surface area contributed by atoms with Crippen LogP contribution in [0.15, 0.2) is 15.2 Å². The molecule has 1 nitrogen and oxygen atoms in total. The summed E-state index contributed by atoms with van der Waals surface area (Å²) in [6.45, 7) is 0. The fraction of sp³-hybridized carbons (Fsp3) is 0.167. The standard InChI is InChI=1S/C6H5BrOS/c7-6-4-9-3-5(6)1-2-8/h2-4H,1H2. The predicted molar refractivity (Wildman–Crippen MR) is 41.8 cm³/mol. The van der Waals surface area contributed by atoms with Gasteiger partial charge in [-0.05, 0) is 26.9 Å². The molecule has 0 saturated heterocycles. The Labute approximate surface area is 65.8 Å².